The summed E-state index contributed by atoms with van der Waals surface area (Å²) in [7, 11) is 0. The Morgan fingerprint density at radius 2 is 1.53 bits per heavy atom. The first-order valence-electron chi connectivity index (χ1n) is 12.3. The molecule has 0 amide bonds. The van der Waals surface area contributed by atoms with Crippen LogP contribution in [0, 0.1) is 48.3 Å². The standard InChI is InChI=1S/C28H34N3S/c1-15-7-17(30-11-19-20(12-30)27(19,3)4)9-23-25(15)29-26-16(2)8-18(10-24(26)32-23)31-13-21-22(14-31)28(21,5)6/h7-10,19-22H,11-14H2,1-6H3/q+1. The van der Waals surface area contributed by atoms with E-state index in [9.17, 15) is 0 Å². The van der Waals surface area contributed by atoms with E-state index in [0.717, 1.165) is 23.7 Å². The van der Waals surface area contributed by atoms with E-state index >= 15 is 0 Å². The molecule has 3 aliphatic heterocycles. The Morgan fingerprint density at radius 1 is 0.875 bits per heavy atom. The summed E-state index contributed by atoms with van der Waals surface area (Å²) < 4.78 is 3.94. The third-order valence-electron chi connectivity index (χ3n) is 9.92. The SMILES string of the molecule is Cc1cc(=[N+]2CC3C(C2)C3(C)C)cc2sc3cc(N4CC5C(C4)C5(C)C)cc(C)c3nc1-2. The summed E-state index contributed by atoms with van der Waals surface area (Å²) in [5.41, 5.74) is 7.48. The minimum absolute atomic E-state index is 0.558. The van der Waals surface area contributed by atoms with Crippen molar-refractivity contribution in [3.8, 4) is 10.6 Å². The van der Waals surface area contributed by atoms with Gasteiger partial charge in [-0.05, 0) is 59.8 Å². The van der Waals surface area contributed by atoms with E-state index in [0.29, 0.717) is 10.8 Å². The Kier molecular flexibility index (Phi) is 3.62. The lowest BCUT2D eigenvalue weighted by Crippen LogP contribution is -2.32. The Morgan fingerprint density at radius 3 is 2.22 bits per heavy atom. The van der Waals surface area contributed by atoms with Crippen LogP contribution in [0.3, 0.4) is 0 Å². The summed E-state index contributed by atoms with van der Waals surface area (Å²) in [6.45, 7) is 19.1. The maximum atomic E-state index is 5.18. The summed E-state index contributed by atoms with van der Waals surface area (Å²) in [6.07, 6.45) is 0. The predicted molar refractivity (Wildman–Crippen MR) is 134 cm³/mol. The van der Waals surface area contributed by atoms with Gasteiger partial charge in [-0.3, -0.25) is 0 Å². The highest BCUT2D eigenvalue weighted by Crippen LogP contribution is 2.62. The van der Waals surface area contributed by atoms with Gasteiger partial charge in [0.25, 0.3) is 0 Å². The number of benzene rings is 2. The molecule has 1 aromatic carbocycles. The van der Waals surface area contributed by atoms with Gasteiger partial charge in [-0.25, -0.2) is 9.56 Å². The minimum Gasteiger partial charge on any atom is -0.371 e. The molecule has 0 spiro atoms. The number of hydrogen-bond acceptors (Lipinski definition) is 3. The van der Waals surface area contributed by atoms with Crippen LogP contribution in [-0.4, -0.2) is 31.2 Å². The van der Waals surface area contributed by atoms with Gasteiger partial charge in [0.2, 0.25) is 5.36 Å². The van der Waals surface area contributed by atoms with Crippen LogP contribution in [0.25, 0.3) is 20.8 Å². The summed E-state index contributed by atoms with van der Waals surface area (Å²) in [6, 6.07) is 9.56. The monoisotopic (exact) mass is 444 g/mol. The molecule has 6 aliphatic rings. The largest absolute Gasteiger partial charge is 0.371 e. The molecular weight excluding hydrogens is 410 g/mol. The van der Waals surface area contributed by atoms with Crippen LogP contribution in [0.4, 0.5) is 5.69 Å². The zero-order valence-corrected chi connectivity index (χ0v) is 21.0. The molecule has 0 aromatic heterocycles. The first-order chi connectivity index (χ1) is 15.1. The molecule has 3 aliphatic carbocycles. The molecule has 1 aromatic rings. The summed E-state index contributed by atoms with van der Waals surface area (Å²) in [5.74, 6) is 3.50. The van der Waals surface area contributed by atoms with E-state index in [1.54, 1.807) is 0 Å². The van der Waals surface area contributed by atoms with Gasteiger partial charge in [-0.15, -0.1) is 11.3 Å². The zero-order chi connectivity index (χ0) is 22.2. The lowest BCUT2D eigenvalue weighted by Gasteiger charge is -2.25. The number of piperidine rings is 2. The van der Waals surface area contributed by atoms with Gasteiger partial charge in [0.15, 0.2) is 0 Å². The van der Waals surface area contributed by atoms with E-state index in [1.165, 1.54) is 69.1 Å². The minimum atomic E-state index is 0.558. The maximum absolute atomic E-state index is 5.18. The fourth-order valence-electron chi connectivity index (χ4n) is 7.18. The van der Waals surface area contributed by atoms with Crippen LogP contribution in [-0.2, 0) is 0 Å². The first kappa shape index (κ1) is 19.5. The normalized spacial score (nSPS) is 31.3. The maximum Gasteiger partial charge on any atom is 0.201 e. The Labute approximate surface area is 195 Å². The average molecular weight is 445 g/mol. The molecule has 4 heteroatoms. The Bertz CT molecular complexity index is 1320. The van der Waals surface area contributed by atoms with Crippen molar-refractivity contribution in [2.45, 2.75) is 41.5 Å². The lowest BCUT2D eigenvalue weighted by atomic mass is 10.1. The van der Waals surface area contributed by atoms with Crippen molar-refractivity contribution in [2.75, 3.05) is 31.1 Å². The second kappa shape index (κ2) is 5.94. The number of hydrogen-bond donors (Lipinski definition) is 0. The molecule has 3 heterocycles. The van der Waals surface area contributed by atoms with Crippen LogP contribution in [0.1, 0.15) is 38.8 Å². The van der Waals surface area contributed by atoms with Crippen LogP contribution in [0.15, 0.2) is 24.3 Å². The second-order valence-corrected chi connectivity index (χ2v) is 13.4. The van der Waals surface area contributed by atoms with Gasteiger partial charge in [-0.1, -0.05) is 27.7 Å². The van der Waals surface area contributed by atoms with E-state index in [1.807, 2.05) is 11.3 Å². The van der Waals surface area contributed by atoms with Crippen molar-refractivity contribution in [3.05, 3.63) is 40.7 Å². The summed E-state index contributed by atoms with van der Waals surface area (Å²) in [4.78, 5) is 9.12. The molecule has 7 rings (SSSR count). The van der Waals surface area contributed by atoms with Crippen LogP contribution in [0.2, 0.25) is 0 Å². The average Bonchev–Trinajstić information content (AvgIpc) is 3.25. The highest BCUT2D eigenvalue weighted by Gasteiger charge is 2.65. The molecule has 0 bridgehead atoms. The van der Waals surface area contributed by atoms with Gasteiger partial charge in [0, 0.05) is 42.7 Å². The first-order valence-corrected chi connectivity index (χ1v) is 13.1. The highest BCUT2D eigenvalue weighted by atomic mass is 32.1. The van der Waals surface area contributed by atoms with Crippen LogP contribution >= 0.6 is 11.3 Å². The molecule has 4 fully saturated rings. The number of aromatic nitrogens is 1. The quantitative estimate of drug-likeness (QED) is 0.381. The predicted octanol–water partition coefficient (Wildman–Crippen LogP) is 5.17. The van der Waals surface area contributed by atoms with Crippen molar-refractivity contribution in [3.63, 3.8) is 0 Å². The molecule has 32 heavy (non-hydrogen) atoms. The second-order valence-electron chi connectivity index (χ2n) is 12.3. The van der Waals surface area contributed by atoms with Gasteiger partial charge in [-0.2, -0.15) is 0 Å². The van der Waals surface area contributed by atoms with Crippen molar-refractivity contribution in [2.24, 2.45) is 34.5 Å². The highest BCUT2D eigenvalue weighted by molar-refractivity contribution is 7.21. The number of nitrogens with zero attached hydrogens (tertiary/aromatic N) is 3. The van der Waals surface area contributed by atoms with Gasteiger partial charge in [0.1, 0.15) is 13.1 Å². The third-order valence-corrected chi connectivity index (χ3v) is 11.0. The number of rotatable bonds is 1. The number of aryl methyl sites for hydroxylation is 2. The van der Waals surface area contributed by atoms with Gasteiger partial charge in [0.05, 0.1) is 20.8 Å². The molecule has 4 unspecified atom stereocenters. The summed E-state index contributed by atoms with van der Waals surface area (Å²) in [5, 5.41) is 1.39. The fraction of sp³-hybridized carbons (Fsp3) is 0.571. The van der Waals surface area contributed by atoms with Crippen LogP contribution in [0.5, 0.6) is 0 Å². The molecule has 0 N–H and O–H groups in total. The van der Waals surface area contributed by atoms with Crippen molar-refractivity contribution >= 4 is 27.2 Å². The summed E-state index contributed by atoms with van der Waals surface area (Å²) >= 11 is 1.93. The Hall–Kier alpha value is -1.94. The molecule has 2 saturated heterocycles. The van der Waals surface area contributed by atoms with E-state index in [4.69, 9.17) is 4.98 Å². The Balaban J connectivity index is 1.31. The zero-order valence-electron chi connectivity index (χ0n) is 20.2. The third kappa shape index (κ3) is 2.53. The molecular formula is C28H34N3S+. The van der Waals surface area contributed by atoms with Crippen LogP contribution < -0.4 is 14.8 Å². The van der Waals surface area contributed by atoms with Crippen molar-refractivity contribution in [1.82, 2.24) is 9.56 Å². The molecule has 3 nitrogen and oxygen atoms in total. The number of anilines is 1. The van der Waals surface area contributed by atoms with Gasteiger partial charge < -0.3 is 4.90 Å². The molecule has 0 radical (unpaired) electrons. The van der Waals surface area contributed by atoms with Crippen molar-refractivity contribution < 1.29 is 0 Å². The lowest BCUT2D eigenvalue weighted by molar-refractivity contribution is 0.439. The fourth-order valence-corrected chi connectivity index (χ4v) is 8.38. The van der Waals surface area contributed by atoms with Gasteiger partial charge >= 0.3 is 0 Å². The smallest absolute Gasteiger partial charge is 0.201 e. The number of fused-ring (bicyclic) bond motifs is 4. The topological polar surface area (TPSA) is 19.1 Å². The molecule has 4 atom stereocenters. The van der Waals surface area contributed by atoms with E-state index in [-0.39, 0.29) is 0 Å². The van der Waals surface area contributed by atoms with E-state index in [2.05, 4.69) is 75.3 Å². The molecule has 166 valence electrons. The van der Waals surface area contributed by atoms with E-state index < -0.39 is 0 Å². The molecule has 2 saturated carbocycles. The van der Waals surface area contributed by atoms with Crippen molar-refractivity contribution in [1.29, 1.82) is 0 Å².